The number of amides is 1. The Labute approximate surface area is 604 Å². The van der Waals surface area contributed by atoms with Gasteiger partial charge in [-0.25, -0.2) is 0 Å². The molecule has 574 valence electrons. The number of rotatable bonds is 68. The second-order valence-electron chi connectivity index (χ2n) is 28.5. The SMILES string of the molecule is CC/C=C\C/C=C\C/C=C\C/C=C\C/C=C\C/C=C\CCCCCCCCCCCCCCCCCCC(=O)NC(COC1OC(CO)C(OC2OC(CO)C(O)C(O)C2O)C(O)C1O)C(O)/C=C/CC/C=C/CCCCCCCCCCCCCCCCCCCCCCCCCC. The van der Waals surface area contributed by atoms with Crippen molar-refractivity contribution in [1.82, 2.24) is 5.32 Å². The molecule has 12 unspecified atom stereocenters. The highest BCUT2D eigenvalue weighted by atomic mass is 16.7. The molecule has 2 fully saturated rings. The highest BCUT2D eigenvalue weighted by molar-refractivity contribution is 5.76. The van der Waals surface area contributed by atoms with E-state index in [0.29, 0.717) is 12.8 Å². The molecule has 2 rings (SSSR count). The number of carbonyl (C=O) groups excluding carboxylic acids is 1. The zero-order valence-electron chi connectivity index (χ0n) is 63.0. The van der Waals surface area contributed by atoms with Crippen LogP contribution in [0.15, 0.2) is 97.2 Å². The van der Waals surface area contributed by atoms with Crippen molar-refractivity contribution in [3.63, 3.8) is 0 Å². The maximum Gasteiger partial charge on any atom is 0.220 e. The summed E-state index contributed by atoms with van der Waals surface area (Å²) >= 11 is 0. The summed E-state index contributed by atoms with van der Waals surface area (Å²) in [4.78, 5) is 13.4. The summed E-state index contributed by atoms with van der Waals surface area (Å²) in [5.41, 5.74) is 0. The second kappa shape index (κ2) is 68.0. The van der Waals surface area contributed by atoms with E-state index in [1.54, 1.807) is 6.08 Å². The summed E-state index contributed by atoms with van der Waals surface area (Å²) in [6.45, 7) is 2.71. The lowest BCUT2D eigenvalue weighted by Gasteiger charge is -2.46. The van der Waals surface area contributed by atoms with Crippen molar-refractivity contribution in [3.05, 3.63) is 97.2 Å². The van der Waals surface area contributed by atoms with E-state index in [-0.39, 0.29) is 18.9 Å². The van der Waals surface area contributed by atoms with Crippen LogP contribution in [0.2, 0.25) is 0 Å². The Bertz CT molecular complexity index is 2040. The van der Waals surface area contributed by atoms with Gasteiger partial charge in [-0.15, -0.1) is 0 Å². The quantitative estimate of drug-likeness (QED) is 0.0204. The molecule has 14 nitrogen and oxygen atoms in total. The first-order valence-electron chi connectivity index (χ1n) is 41.0. The van der Waals surface area contributed by atoms with Gasteiger partial charge in [0.05, 0.1) is 32.0 Å². The van der Waals surface area contributed by atoms with Crippen LogP contribution in [0.3, 0.4) is 0 Å². The highest BCUT2D eigenvalue weighted by Gasteiger charge is 2.51. The number of ether oxygens (including phenoxy) is 4. The third-order valence-corrected chi connectivity index (χ3v) is 19.5. The van der Waals surface area contributed by atoms with Crippen LogP contribution in [-0.4, -0.2) is 140 Å². The third-order valence-electron chi connectivity index (χ3n) is 19.5. The van der Waals surface area contributed by atoms with E-state index in [9.17, 15) is 45.6 Å². The van der Waals surface area contributed by atoms with Gasteiger partial charge in [-0.1, -0.05) is 349 Å². The van der Waals surface area contributed by atoms with Crippen LogP contribution in [0, 0.1) is 0 Å². The second-order valence-corrected chi connectivity index (χ2v) is 28.5. The largest absolute Gasteiger partial charge is 0.394 e. The smallest absolute Gasteiger partial charge is 0.220 e. The van der Waals surface area contributed by atoms with Crippen LogP contribution >= 0.6 is 0 Å². The van der Waals surface area contributed by atoms with Gasteiger partial charge < -0.3 is 65.1 Å². The zero-order valence-corrected chi connectivity index (χ0v) is 63.0. The molecule has 0 spiro atoms. The Morgan fingerprint density at radius 2 is 0.707 bits per heavy atom. The first-order valence-corrected chi connectivity index (χ1v) is 41.0. The lowest BCUT2D eigenvalue weighted by Crippen LogP contribution is -2.65. The molecule has 0 aromatic carbocycles. The van der Waals surface area contributed by atoms with Crippen LogP contribution in [-0.2, 0) is 23.7 Å². The number of aliphatic hydroxyl groups excluding tert-OH is 8. The molecule has 0 aliphatic carbocycles. The number of unbranched alkanes of at least 4 members (excludes halogenated alkanes) is 41. The van der Waals surface area contributed by atoms with Gasteiger partial charge in [-0.2, -0.15) is 0 Å². The molecule has 0 saturated carbocycles. The number of hydrogen-bond acceptors (Lipinski definition) is 13. The van der Waals surface area contributed by atoms with Gasteiger partial charge in [0.25, 0.3) is 0 Å². The van der Waals surface area contributed by atoms with Crippen molar-refractivity contribution < 1.29 is 64.6 Å². The number of nitrogens with one attached hydrogen (secondary N) is 1. The van der Waals surface area contributed by atoms with Gasteiger partial charge in [0.15, 0.2) is 12.6 Å². The summed E-state index contributed by atoms with van der Waals surface area (Å²) in [6, 6.07) is -0.938. The summed E-state index contributed by atoms with van der Waals surface area (Å²) in [6.07, 6.45) is 80.6. The number of hydrogen-bond donors (Lipinski definition) is 9. The van der Waals surface area contributed by atoms with Crippen LogP contribution < -0.4 is 5.32 Å². The average molecular weight is 1400 g/mol. The molecule has 12 atom stereocenters. The Balaban J connectivity index is 1.62. The van der Waals surface area contributed by atoms with E-state index >= 15 is 0 Å². The Kier molecular flexibility index (Phi) is 63.2. The van der Waals surface area contributed by atoms with E-state index in [0.717, 1.165) is 70.6 Å². The molecule has 99 heavy (non-hydrogen) atoms. The fraction of sp³-hybridized carbons (Fsp3) is 0.800. The van der Waals surface area contributed by atoms with Crippen LogP contribution in [0.4, 0.5) is 0 Å². The van der Waals surface area contributed by atoms with E-state index < -0.39 is 86.8 Å². The van der Waals surface area contributed by atoms with Crippen LogP contribution in [0.5, 0.6) is 0 Å². The lowest BCUT2D eigenvalue weighted by molar-refractivity contribution is -0.359. The van der Waals surface area contributed by atoms with Gasteiger partial charge in [0, 0.05) is 6.42 Å². The third kappa shape index (κ3) is 50.9. The Morgan fingerprint density at radius 3 is 1.11 bits per heavy atom. The van der Waals surface area contributed by atoms with Gasteiger partial charge in [-0.05, 0) is 83.5 Å². The first kappa shape index (κ1) is 92.0. The molecule has 0 bridgehead atoms. The topological polar surface area (TPSA) is 228 Å². The van der Waals surface area contributed by atoms with Crippen LogP contribution in [0.25, 0.3) is 0 Å². The number of carbonyl (C=O) groups is 1. The average Bonchev–Trinajstić information content (AvgIpc) is 0.799. The molecule has 0 radical (unpaired) electrons. The monoisotopic (exact) mass is 1390 g/mol. The fourth-order valence-electron chi connectivity index (χ4n) is 13.1. The van der Waals surface area contributed by atoms with E-state index in [1.807, 2.05) is 6.08 Å². The summed E-state index contributed by atoms with van der Waals surface area (Å²) in [5, 5.41) is 87.7. The van der Waals surface area contributed by atoms with Crippen molar-refractivity contribution in [2.24, 2.45) is 0 Å². The van der Waals surface area contributed by atoms with Gasteiger partial charge in [-0.3, -0.25) is 4.79 Å². The lowest BCUT2D eigenvalue weighted by atomic mass is 9.97. The van der Waals surface area contributed by atoms with Crippen molar-refractivity contribution in [2.75, 3.05) is 19.8 Å². The van der Waals surface area contributed by atoms with Gasteiger partial charge in [0.2, 0.25) is 5.91 Å². The Morgan fingerprint density at radius 1 is 0.374 bits per heavy atom. The van der Waals surface area contributed by atoms with Crippen molar-refractivity contribution >= 4 is 5.91 Å². The molecule has 0 aromatic rings. The molecular formula is C85H151NO13. The summed E-state index contributed by atoms with van der Waals surface area (Å²) in [5.74, 6) is -0.247. The standard InChI is InChI=1S/C85H151NO13/c1-3-5-7-9-11-13-15-17-19-21-23-25-27-29-31-33-35-36-37-38-39-41-43-45-47-49-51-53-55-57-59-61-63-65-67-69-77(90)86-73(72-96-84-82(95)80(93)83(76(71-88)98-84)99-85-81(94)79(92)78(91)75(70-87)97-85)74(89)68-66-64-62-60-58-56-54-52-50-48-46-44-42-40-34-32-30-28-26-24-22-20-18-16-14-12-10-8-6-4-2/h5,7,11,13,17,19,23,25,29,31,35-36,58,60,66,68,73-76,78-85,87-89,91-95H,3-4,6,8-10,12,14-16,18,20-22,24,26-28,30,32-34,37-57,59,61-65,67,69-72H2,1-2H3,(H,86,90)/b7-5-,13-11-,19-17-,25-23-,31-29-,36-35-,60-58+,68-66+. The molecular weight excluding hydrogens is 1240 g/mol. The van der Waals surface area contributed by atoms with Crippen LogP contribution in [0.1, 0.15) is 341 Å². The number of allylic oxidation sites excluding steroid dienone is 15. The minimum absolute atomic E-state index is 0.247. The molecule has 1 amide bonds. The molecule has 2 aliphatic heterocycles. The summed E-state index contributed by atoms with van der Waals surface area (Å²) < 4.78 is 22.9. The molecule has 2 saturated heterocycles. The zero-order chi connectivity index (χ0) is 71.5. The highest BCUT2D eigenvalue weighted by Crippen LogP contribution is 2.30. The maximum absolute atomic E-state index is 13.4. The van der Waals surface area contributed by atoms with Gasteiger partial charge in [0.1, 0.15) is 48.8 Å². The van der Waals surface area contributed by atoms with E-state index in [2.05, 4.69) is 104 Å². The minimum atomic E-state index is -1.80. The first-order chi connectivity index (χ1) is 48.6. The molecule has 9 N–H and O–H groups in total. The maximum atomic E-state index is 13.4. The summed E-state index contributed by atoms with van der Waals surface area (Å²) in [7, 11) is 0. The van der Waals surface area contributed by atoms with Gasteiger partial charge >= 0.3 is 0 Å². The van der Waals surface area contributed by atoms with Crippen molar-refractivity contribution in [3.8, 4) is 0 Å². The number of aliphatic hydroxyl groups is 8. The van der Waals surface area contributed by atoms with Crippen molar-refractivity contribution in [2.45, 2.75) is 415 Å². The molecule has 0 aromatic heterocycles. The minimum Gasteiger partial charge on any atom is -0.394 e. The molecule has 2 heterocycles. The van der Waals surface area contributed by atoms with Crippen molar-refractivity contribution in [1.29, 1.82) is 0 Å². The normalized spacial score (nSPS) is 22.4. The predicted octanol–water partition coefficient (Wildman–Crippen LogP) is 18.9. The molecule has 2 aliphatic rings. The predicted molar refractivity (Wildman–Crippen MR) is 410 cm³/mol. The van der Waals surface area contributed by atoms with E-state index in [4.69, 9.17) is 18.9 Å². The fourth-order valence-corrected chi connectivity index (χ4v) is 13.1. The Hall–Kier alpha value is -3.09. The van der Waals surface area contributed by atoms with E-state index in [1.165, 1.54) is 238 Å². The molecule has 14 heteroatoms.